The van der Waals surface area contributed by atoms with Gasteiger partial charge in [-0.05, 0) is 61.5 Å². The number of ether oxygens (including phenoxy) is 1. The molecule has 1 amide bonds. The second-order valence-corrected chi connectivity index (χ2v) is 8.95. The largest absolute Gasteiger partial charge is 0.506 e. The van der Waals surface area contributed by atoms with Crippen LogP contribution < -0.4 is 10.1 Å². The Hall–Kier alpha value is -3.59. The van der Waals surface area contributed by atoms with Crippen molar-refractivity contribution in [2.45, 2.75) is 25.3 Å². The Morgan fingerprint density at radius 1 is 1.06 bits per heavy atom. The Morgan fingerprint density at radius 3 is 2.42 bits per heavy atom. The van der Waals surface area contributed by atoms with Gasteiger partial charge in [-0.2, -0.15) is 0 Å². The number of aromatic hydroxyl groups is 1. The molecule has 162 valence electrons. The second-order valence-electron chi connectivity index (χ2n) is 6.67. The SMILES string of the molecule is CCS(=O)(=O)c1ccc(O)c(NC(=O)c2ccc(COc3ccc(C(C)=O)cc3)o2)c1. The fraction of sp³-hybridized carbons (Fsp3) is 0.182. The van der Waals surface area contributed by atoms with Gasteiger partial charge < -0.3 is 19.6 Å². The third-order valence-corrected chi connectivity index (χ3v) is 6.22. The zero-order valence-corrected chi connectivity index (χ0v) is 17.7. The molecule has 3 aromatic rings. The molecule has 0 unspecified atom stereocenters. The van der Waals surface area contributed by atoms with Gasteiger partial charge >= 0.3 is 0 Å². The van der Waals surface area contributed by atoms with E-state index in [9.17, 15) is 23.1 Å². The Kier molecular flexibility index (Phi) is 6.45. The number of Topliss-reactive ketones (excluding diaryl/α,β-unsaturated/α-hetero) is 1. The maximum absolute atomic E-state index is 12.4. The lowest BCUT2D eigenvalue weighted by molar-refractivity contribution is 0.0990. The molecule has 31 heavy (non-hydrogen) atoms. The molecule has 1 aromatic heterocycles. The van der Waals surface area contributed by atoms with Gasteiger partial charge in [0, 0.05) is 5.56 Å². The first-order chi connectivity index (χ1) is 14.7. The number of rotatable bonds is 8. The molecule has 0 atom stereocenters. The average Bonchev–Trinajstić information content (AvgIpc) is 3.23. The zero-order chi connectivity index (χ0) is 22.6. The van der Waals surface area contributed by atoms with Gasteiger partial charge in [0.1, 0.15) is 23.9 Å². The lowest BCUT2D eigenvalue weighted by Gasteiger charge is -2.09. The normalized spacial score (nSPS) is 11.2. The van der Waals surface area contributed by atoms with E-state index in [4.69, 9.17) is 9.15 Å². The van der Waals surface area contributed by atoms with Crippen molar-refractivity contribution in [2.24, 2.45) is 0 Å². The lowest BCUT2D eigenvalue weighted by atomic mass is 10.1. The summed E-state index contributed by atoms with van der Waals surface area (Å²) in [6.07, 6.45) is 0. The van der Waals surface area contributed by atoms with Crippen molar-refractivity contribution in [1.82, 2.24) is 0 Å². The van der Waals surface area contributed by atoms with E-state index in [0.29, 0.717) is 17.1 Å². The van der Waals surface area contributed by atoms with E-state index in [1.54, 1.807) is 30.3 Å². The third kappa shape index (κ3) is 5.32. The quantitative estimate of drug-likeness (QED) is 0.401. The number of phenols is 1. The highest BCUT2D eigenvalue weighted by Gasteiger charge is 2.17. The number of benzene rings is 2. The summed E-state index contributed by atoms with van der Waals surface area (Å²) in [5.41, 5.74) is 0.530. The molecule has 8 nitrogen and oxygen atoms in total. The highest BCUT2D eigenvalue weighted by atomic mass is 32.2. The molecule has 2 aromatic carbocycles. The van der Waals surface area contributed by atoms with Crippen LogP contribution in [0.5, 0.6) is 11.5 Å². The van der Waals surface area contributed by atoms with E-state index in [1.165, 1.54) is 38.1 Å². The monoisotopic (exact) mass is 443 g/mol. The predicted octanol–water partition coefficient (Wildman–Crippen LogP) is 3.81. The molecule has 0 fully saturated rings. The standard InChI is InChI=1S/C22H21NO7S/c1-3-31(27,28)18-9-10-20(25)19(12-18)23-22(26)21-11-8-17(30-21)13-29-16-6-4-15(5-7-16)14(2)24/h4-12,25H,3,13H2,1-2H3,(H,23,26). The van der Waals surface area contributed by atoms with Gasteiger partial charge in [0.15, 0.2) is 21.4 Å². The van der Waals surface area contributed by atoms with Crippen LogP contribution in [-0.4, -0.2) is 31.0 Å². The van der Waals surface area contributed by atoms with Crippen molar-refractivity contribution in [3.63, 3.8) is 0 Å². The summed E-state index contributed by atoms with van der Waals surface area (Å²) >= 11 is 0. The first-order valence-electron chi connectivity index (χ1n) is 9.39. The predicted molar refractivity (Wildman–Crippen MR) is 113 cm³/mol. The van der Waals surface area contributed by atoms with E-state index in [1.807, 2.05) is 0 Å². The molecule has 0 aliphatic rings. The highest BCUT2D eigenvalue weighted by Crippen LogP contribution is 2.27. The van der Waals surface area contributed by atoms with Crippen molar-refractivity contribution >= 4 is 27.2 Å². The van der Waals surface area contributed by atoms with Crippen LogP contribution >= 0.6 is 0 Å². The minimum absolute atomic E-state index is 0.00701. The third-order valence-electron chi connectivity index (χ3n) is 4.48. The van der Waals surface area contributed by atoms with Crippen molar-refractivity contribution in [3.8, 4) is 11.5 Å². The van der Waals surface area contributed by atoms with Gasteiger partial charge in [-0.25, -0.2) is 8.42 Å². The van der Waals surface area contributed by atoms with Crippen LogP contribution in [0.1, 0.15) is 40.5 Å². The number of sulfone groups is 1. The van der Waals surface area contributed by atoms with Gasteiger partial charge in [-0.1, -0.05) is 6.92 Å². The summed E-state index contributed by atoms with van der Waals surface area (Å²) < 4.78 is 35.1. The fourth-order valence-corrected chi connectivity index (χ4v) is 3.58. The number of anilines is 1. The minimum atomic E-state index is -3.50. The van der Waals surface area contributed by atoms with E-state index in [2.05, 4.69) is 5.32 Å². The van der Waals surface area contributed by atoms with Gasteiger partial charge in [0.2, 0.25) is 0 Å². The summed E-state index contributed by atoms with van der Waals surface area (Å²) in [5.74, 6) is -0.195. The maximum atomic E-state index is 12.4. The summed E-state index contributed by atoms with van der Waals surface area (Å²) in [7, 11) is -3.50. The van der Waals surface area contributed by atoms with Crippen LogP contribution in [0.4, 0.5) is 5.69 Å². The first kappa shape index (κ1) is 22.1. The number of carbonyl (C=O) groups is 2. The maximum Gasteiger partial charge on any atom is 0.291 e. The average molecular weight is 443 g/mol. The molecule has 0 saturated heterocycles. The Balaban J connectivity index is 1.66. The Labute approximate surface area is 179 Å². The number of hydrogen-bond acceptors (Lipinski definition) is 7. The molecule has 0 aliphatic heterocycles. The van der Waals surface area contributed by atoms with Crippen LogP contribution in [0.2, 0.25) is 0 Å². The van der Waals surface area contributed by atoms with E-state index >= 15 is 0 Å². The molecule has 0 saturated carbocycles. The molecule has 9 heteroatoms. The molecule has 0 bridgehead atoms. The fourth-order valence-electron chi connectivity index (χ4n) is 2.68. The number of nitrogens with one attached hydrogen (secondary N) is 1. The Bertz CT molecular complexity index is 1210. The van der Waals surface area contributed by atoms with E-state index in [0.717, 1.165) is 0 Å². The molecule has 0 aliphatic carbocycles. The Morgan fingerprint density at radius 2 is 1.77 bits per heavy atom. The first-order valence-corrected chi connectivity index (χ1v) is 11.0. The van der Waals surface area contributed by atoms with Crippen molar-refractivity contribution in [2.75, 3.05) is 11.1 Å². The van der Waals surface area contributed by atoms with E-state index < -0.39 is 15.7 Å². The number of ketones is 1. The molecule has 3 rings (SSSR count). The van der Waals surface area contributed by atoms with Crippen molar-refractivity contribution in [3.05, 3.63) is 71.7 Å². The lowest BCUT2D eigenvalue weighted by Crippen LogP contribution is -2.12. The highest BCUT2D eigenvalue weighted by molar-refractivity contribution is 7.91. The summed E-state index contributed by atoms with van der Waals surface area (Å²) in [6, 6.07) is 13.3. The summed E-state index contributed by atoms with van der Waals surface area (Å²) in [4.78, 5) is 23.7. The van der Waals surface area contributed by atoms with Gasteiger partial charge in [-0.3, -0.25) is 9.59 Å². The molecular formula is C22H21NO7S. The number of carbonyl (C=O) groups excluding carboxylic acids is 2. The smallest absolute Gasteiger partial charge is 0.291 e. The van der Waals surface area contributed by atoms with Crippen LogP contribution in [0, 0.1) is 0 Å². The topological polar surface area (TPSA) is 123 Å². The molecule has 0 spiro atoms. The van der Waals surface area contributed by atoms with E-state index in [-0.39, 0.29) is 40.2 Å². The van der Waals surface area contributed by atoms with Crippen LogP contribution in [0.25, 0.3) is 0 Å². The van der Waals surface area contributed by atoms with Crippen LogP contribution in [0.15, 0.2) is 63.9 Å². The van der Waals surface area contributed by atoms with Gasteiger partial charge in [0.25, 0.3) is 5.91 Å². The molecular weight excluding hydrogens is 422 g/mol. The number of phenolic OH excluding ortho intramolecular Hbond substituents is 1. The number of furan rings is 1. The van der Waals surface area contributed by atoms with Crippen molar-refractivity contribution in [1.29, 1.82) is 0 Å². The van der Waals surface area contributed by atoms with Gasteiger partial charge in [0.05, 0.1) is 16.3 Å². The summed E-state index contributed by atoms with van der Waals surface area (Å²) in [5, 5.41) is 12.4. The second kappa shape index (κ2) is 9.05. The zero-order valence-electron chi connectivity index (χ0n) is 16.9. The molecule has 0 radical (unpaired) electrons. The molecule has 2 N–H and O–H groups in total. The minimum Gasteiger partial charge on any atom is -0.506 e. The van der Waals surface area contributed by atoms with Crippen molar-refractivity contribution < 1.29 is 32.3 Å². The van der Waals surface area contributed by atoms with Gasteiger partial charge in [-0.15, -0.1) is 0 Å². The summed E-state index contributed by atoms with van der Waals surface area (Å²) in [6.45, 7) is 3.04. The number of amides is 1. The van der Waals surface area contributed by atoms with Crippen LogP contribution in [-0.2, 0) is 16.4 Å². The molecule has 1 heterocycles. The van der Waals surface area contributed by atoms with Crippen LogP contribution in [0.3, 0.4) is 0 Å². The number of hydrogen-bond donors (Lipinski definition) is 2.